The third kappa shape index (κ3) is 6.75. The first-order valence-electron chi connectivity index (χ1n) is 10.8. The summed E-state index contributed by atoms with van der Waals surface area (Å²) in [5, 5.41) is 6.91. The second-order valence-electron chi connectivity index (χ2n) is 7.74. The largest absolute Gasteiger partial charge is 0.469 e. The van der Waals surface area contributed by atoms with Crippen molar-refractivity contribution in [2.24, 2.45) is 4.99 Å². The SMILES string of the molecule is I.c1coc(CCNC(=NCC(c2ccco2)N2CCCC2)NCC2CCCO2)c1. The van der Waals surface area contributed by atoms with Crippen LogP contribution < -0.4 is 10.6 Å². The lowest BCUT2D eigenvalue weighted by atomic mass is 10.2. The molecule has 2 aliphatic rings. The highest BCUT2D eigenvalue weighted by Crippen LogP contribution is 2.25. The van der Waals surface area contributed by atoms with E-state index in [0.717, 1.165) is 69.5 Å². The summed E-state index contributed by atoms with van der Waals surface area (Å²) in [4.78, 5) is 7.39. The van der Waals surface area contributed by atoms with Crippen molar-refractivity contribution in [3.8, 4) is 0 Å². The molecule has 2 aromatic heterocycles. The van der Waals surface area contributed by atoms with Crippen molar-refractivity contribution in [3.63, 3.8) is 0 Å². The quantitative estimate of drug-likeness (QED) is 0.295. The minimum atomic E-state index is 0. The van der Waals surface area contributed by atoms with E-state index in [4.69, 9.17) is 18.6 Å². The van der Waals surface area contributed by atoms with Gasteiger partial charge in [0.1, 0.15) is 11.5 Å². The molecule has 2 unspecified atom stereocenters. The highest BCUT2D eigenvalue weighted by molar-refractivity contribution is 14.0. The zero-order valence-corrected chi connectivity index (χ0v) is 19.8. The van der Waals surface area contributed by atoms with E-state index in [1.54, 1.807) is 12.5 Å². The van der Waals surface area contributed by atoms with E-state index < -0.39 is 0 Å². The lowest BCUT2D eigenvalue weighted by Gasteiger charge is -2.25. The summed E-state index contributed by atoms with van der Waals surface area (Å²) in [6.07, 6.45) is 9.28. The number of guanidine groups is 1. The fraction of sp³-hybridized carbons (Fsp3) is 0.591. The van der Waals surface area contributed by atoms with Crippen LogP contribution in [0.2, 0.25) is 0 Å². The maximum Gasteiger partial charge on any atom is 0.191 e. The average molecular weight is 528 g/mol. The van der Waals surface area contributed by atoms with Crippen molar-refractivity contribution >= 4 is 29.9 Å². The Balaban J connectivity index is 0.00000256. The van der Waals surface area contributed by atoms with Crippen LogP contribution in [-0.2, 0) is 11.2 Å². The first-order chi connectivity index (χ1) is 14.4. The topological polar surface area (TPSA) is 75.2 Å². The fourth-order valence-corrected chi connectivity index (χ4v) is 4.05. The van der Waals surface area contributed by atoms with Gasteiger partial charge in [0.15, 0.2) is 5.96 Å². The molecule has 0 amide bonds. The van der Waals surface area contributed by atoms with Gasteiger partial charge in [0.05, 0.1) is 31.2 Å². The van der Waals surface area contributed by atoms with Crippen molar-refractivity contribution in [2.75, 3.05) is 39.3 Å². The van der Waals surface area contributed by atoms with Gasteiger partial charge in [-0.25, -0.2) is 0 Å². The van der Waals surface area contributed by atoms with Crippen LogP contribution in [0.5, 0.6) is 0 Å². The van der Waals surface area contributed by atoms with E-state index in [-0.39, 0.29) is 36.1 Å². The zero-order valence-electron chi connectivity index (χ0n) is 17.4. The molecule has 2 aromatic rings. The van der Waals surface area contributed by atoms with Gasteiger partial charge in [-0.15, -0.1) is 24.0 Å². The van der Waals surface area contributed by atoms with Gasteiger partial charge in [-0.05, 0) is 63.0 Å². The molecule has 0 aromatic carbocycles. The fourth-order valence-electron chi connectivity index (χ4n) is 4.05. The van der Waals surface area contributed by atoms with Crippen LogP contribution in [0.4, 0.5) is 0 Å². The maximum absolute atomic E-state index is 5.75. The Bertz CT molecular complexity index is 724. The van der Waals surface area contributed by atoms with Crippen LogP contribution in [0.3, 0.4) is 0 Å². The van der Waals surface area contributed by atoms with Crippen molar-refractivity contribution < 1.29 is 13.6 Å². The zero-order chi connectivity index (χ0) is 19.7. The molecule has 166 valence electrons. The normalized spacial score (nSPS) is 20.8. The lowest BCUT2D eigenvalue weighted by molar-refractivity contribution is 0.113. The molecule has 30 heavy (non-hydrogen) atoms. The summed E-state index contributed by atoms with van der Waals surface area (Å²) in [6.45, 7) is 5.27. The molecule has 0 aliphatic carbocycles. The van der Waals surface area contributed by atoms with Crippen LogP contribution in [0.1, 0.15) is 43.2 Å². The molecule has 4 heterocycles. The number of halogens is 1. The van der Waals surface area contributed by atoms with Crippen LogP contribution in [0, 0.1) is 0 Å². The number of ether oxygens (including phenoxy) is 1. The van der Waals surface area contributed by atoms with E-state index in [1.807, 2.05) is 18.2 Å². The smallest absolute Gasteiger partial charge is 0.191 e. The number of nitrogens with zero attached hydrogens (tertiary/aromatic N) is 2. The maximum atomic E-state index is 5.75. The molecule has 2 fully saturated rings. The first-order valence-corrected chi connectivity index (χ1v) is 10.8. The predicted molar refractivity (Wildman–Crippen MR) is 127 cm³/mol. The Labute approximate surface area is 195 Å². The van der Waals surface area contributed by atoms with Crippen molar-refractivity contribution in [1.82, 2.24) is 15.5 Å². The third-order valence-electron chi connectivity index (χ3n) is 5.64. The number of hydrogen-bond donors (Lipinski definition) is 2. The van der Waals surface area contributed by atoms with E-state index in [0.29, 0.717) is 6.54 Å². The van der Waals surface area contributed by atoms with Gasteiger partial charge in [-0.2, -0.15) is 0 Å². The van der Waals surface area contributed by atoms with Crippen LogP contribution in [0.25, 0.3) is 0 Å². The second-order valence-corrected chi connectivity index (χ2v) is 7.74. The van der Waals surface area contributed by atoms with Gasteiger partial charge >= 0.3 is 0 Å². The number of likely N-dealkylation sites (tertiary alicyclic amines) is 1. The lowest BCUT2D eigenvalue weighted by Crippen LogP contribution is -2.42. The first kappa shape index (κ1) is 23.1. The average Bonchev–Trinajstić information content (AvgIpc) is 3.55. The minimum Gasteiger partial charge on any atom is -0.469 e. The number of rotatable bonds is 9. The molecule has 0 radical (unpaired) electrons. The highest BCUT2D eigenvalue weighted by atomic mass is 127. The van der Waals surface area contributed by atoms with Crippen LogP contribution >= 0.6 is 24.0 Å². The molecule has 0 spiro atoms. The minimum absolute atomic E-state index is 0. The number of aliphatic imine (C=N–C) groups is 1. The standard InChI is InChI=1S/C22H32N4O3.HI/c1-2-12-26(11-1)20(21-8-5-15-29-21)17-25-22(24-16-19-7-4-14-28-19)23-10-9-18-6-3-13-27-18;/h3,5-6,8,13,15,19-20H,1-2,4,7,9-12,14,16-17H2,(H2,23,24,25);1H. The summed E-state index contributed by atoms with van der Waals surface area (Å²) in [5.74, 6) is 2.79. The molecule has 2 saturated heterocycles. The molecule has 7 nitrogen and oxygen atoms in total. The molecule has 4 rings (SSSR count). The Morgan fingerprint density at radius 1 is 1.10 bits per heavy atom. The van der Waals surface area contributed by atoms with Crippen LogP contribution in [0.15, 0.2) is 50.6 Å². The van der Waals surface area contributed by atoms with Gasteiger partial charge < -0.3 is 24.2 Å². The predicted octanol–water partition coefficient (Wildman–Crippen LogP) is 3.58. The van der Waals surface area contributed by atoms with E-state index >= 15 is 0 Å². The molecule has 0 saturated carbocycles. The Kier molecular flexibility index (Phi) is 9.54. The van der Waals surface area contributed by atoms with Crippen LogP contribution in [-0.4, -0.2) is 56.3 Å². The molecule has 2 aliphatic heterocycles. The summed E-state index contributed by atoms with van der Waals surface area (Å²) in [5.41, 5.74) is 0. The molecule has 0 bridgehead atoms. The molecular formula is C22H33IN4O3. The molecular weight excluding hydrogens is 495 g/mol. The highest BCUT2D eigenvalue weighted by Gasteiger charge is 2.25. The van der Waals surface area contributed by atoms with Crippen molar-refractivity contribution in [2.45, 2.75) is 44.2 Å². The summed E-state index contributed by atoms with van der Waals surface area (Å²) in [6, 6.07) is 8.12. The van der Waals surface area contributed by atoms with Crippen molar-refractivity contribution in [3.05, 3.63) is 48.3 Å². The van der Waals surface area contributed by atoms with Gasteiger partial charge in [-0.1, -0.05) is 0 Å². The van der Waals surface area contributed by atoms with Gasteiger partial charge in [0.25, 0.3) is 0 Å². The summed E-state index contributed by atoms with van der Waals surface area (Å²) >= 11 is 0. The Morgan fingerprint density at radius 2 is 1.93 bits per heavy atom. The Hall–Kier alpha value is -1.52. The summed E-state index contributed by atoms with van der Waals surface area (Å²) in [7, 11) is 0. The van der Waals surface area contributed by atoms with E-state index in [9.17, 15) is 0 Å². The van der Waals surface area contributed by atoms with E-state index in [1.165, 1.54) is 12.8 Å². The van der Waals surface area contributed by atoms with Gasteiger partial charge in [-0.3, -0.25) is 9.89 Å². The monoisotopic (exact) mass is 528 g/mol. The van der Waals surface area contributed by atoms with Crippen molar-refractivity contribution in [1.29, 1.82) is 0 Å². The number of nitrogens with one attached hydrogen (secondary N) is 2. The number of hydrogen-bond acceptors (Lipinski definition) is 5. The molecule has 2 N–H and O–H groups in total. The summed E-state index contributed by atoms with van der Waals surface area (Å²) < 4.78 is 16.9. The number of furan rings is 2. The van der Waals surface area contributed by atoms with Gasteiger partial charge in [0, 0.05) is 26.1 Å². The Morgan fingerprint density at radius 3 is 2.63 bits per heavy atom. The van der Waals surface area contributed by atoms with E-state index in [2.05, 4.69) is 21.6 Å². The second kappa shape index (κ2) is 12.4. The molecule has 2 atom stereocenters. The molecule has 8 heteroatoms. The van der Waals surface area contributed by atoms with Gasteiger partial charge in [0.2, 0.25) is 0 Å². The third-order valence-corrected chi connectivity index (χ3v) is 5.64.